The summed E-state index contributed by atoms with van der Waals surface area (Å²) in [6.45, 7) is 2.21. The molecule has 0 aromatic rings. The van der Waals surface area contributed by atoms with Crippen molar-refractivity contribution in [2.75, 3.05) is 13.1 Å². The number of hydrazine groups is 4. The quantitative estimate of drug-likeness (QED) is 0.188. The minimum Gasteiger partial charge on any atom is -0.393 e. The van der Waals surface area contributed by atoms with Crippen molar-refractivity contribution in [2.45, 2.75) is 213 Å². The van der Waals surface area contributed by atoms with Gasteiger partial charge >= 0.3 is 0 Å². The molecule has 4 saturated heterocycles. The molecular weight excluding hydrogens is 634 g/mol. The minimum absolute atomic E-state index is 0.00637. The summed E-state index contributed by atoms with van der Waals surface area (Å²) in [7, 11) is 0. The molecule has 4 aliphatic heterocycles. The van der Waals surface area contributed by atoms with Gasteiger partial charge in [-0.2, -0.15) is 10.2 Å². The van der Waals surface area contributed by atoms with Gasteiger partial charge in [0.05, 0.1) is 42.7 Å². The second kappa shape index (κ2) is 15.0. The van der Waals surface area contributed by atoms with E-state index in [0.29, 0.717) is 62.1 Å². The molecule has 14 atom stereocenters. The van der Waals surface area contributed by atoms with Crippen molar-refractivity contribution in [3.63, 3.8) is 0 Å². The SMILES string of the molecule is OC1CC(N(C2CCC(N3NC4CCCCC4N3)C(O)C2)C2CC(O)C(N3NC4CCCCC4N3)C(O)C2)CCC1C1CN2CCCCC2N1. The van der Waals surface area contributed by atoms with E-state index in [0.717, 1.165) is 45.1 Å². The van der Waals surface area contributed by atoms with Crippen molar-refractivity contribution < 1.29 is 20.4 Å². The van der Waals surface area contributed by atoms with Crippen molar-refractivity contribution in [1.29, 1.82) is 0 Å². The van der Waals surface area contributed by atoms with Crippen LogP contribution in [0.2, 0.25) is 0 Å². The summed E-state index contributed by atoms with van der Waals surface area (Å²) < 4.78 is 0. The molecule has 9 N–H and O–H groups in total. The van der Waals surface area contributed by atoms with E-state index in [-0.39, 0.29) is 36.2 Å². The zero-order valence-corrected chi connectivity index (χ0v) is 30.2. The Morgan fingerprint density at radius 3 is 1.60 bits per heavy atom. The van der Waals surface area contributed by atoms with Gasteiger partial charge in [0, 0.05) is 60.8 Å². The molecule has 14 unspecified atom stereocenters. The topological polar surface area (TPSA) is 154 Å². The molecule has 50 heavy (non-hydrogen) atoms. The summed E-state index contributed by atoms with van der Waals surface area (Å²) in [5.41, 5.74) is 14.6. The molecule has 9 fully saturated rings. The van der Waals surface area contributed by atoms with E-state index in [2.05, 4.69) is 41.9 Å². The van der Waals surface area contributed by atoms with Gasteiger partial charge in [0.15, 0.2) is 0 Å². The lowest BCUT2D eigenvalue weighted by Crippen LogP contribution is -2.66. The van der Waals surface area contributed by atoms with Crippen molar-refractivity contribution in [3.8, 4) is 0 Å². The minimum atomic E-state index is -0.685. The second-order valence-corrected chi connectivity index (χ2v) is 18.0. The van der Waals surface area contributed by atoms with Gasteiger partial charge in [-0.3, -0.25) is 15.1 Å². The highest BCUT2D eigenvalue weighted by molar-refractivity contribution is 5.05. The van der Waals surface area contributed by atoms with Gasteiger partial charge < -0.3 is 20.4 Å². The van der Waals surface area contributed by atoms with Crippen molar-refractivity contribution in [3.05, 3.63) is 0 Å². The third kappa shape index (κ3) is 6.84. The third-order valence-electron chi connectivity index (χ3n) is 15.0. The highest BCUT2D eigenvalue weighted by Gasteiger charge is 2.51. The lowest BCUT2D eigenvalue weighted by Gasteiger charge is -2.53. The monoisotopic (exact) mass is 702 g/mol. The number of piperidine rings is 1. The second-order valence-electron chi connectivity index (χ2n) is 18.0. The van der Waals surface area contributed by atoms with Crippen LogP contribution in [0, 0.1) is 5.92 Å². The molecule has 0 aromatic heterocycles. The predicted octanol–water partition coefficient (Wildman–Crippen LogP) is 0.409. The van der Waals surface area contributed by atoms with Crippen molar-refractivity contribution in [1.82, 2.24) is 47.1 Å². The van der Waals surface area contributed by atoms with Crippen molar-refractivity contribution >= 4 is 0 Å². The van der Waals surface area contributed by atoms with E-state index in [1.165, 1.54) is 64.3 Å². The third-order valence-corrected chi connectivity index (χ3v) is 15.0. The molecule has 9 rings (SSSR count). The van der Waals surface area contributed by atoms with E-state index in [1.807, 2.05) is 5.12 Å². The van der Waals surface area contributed by atoms with Gasteiger partial charge in [-0.15, -0.1) is 0 Å². The summed E-state index contributed by atoms with van der Waals surface area (Å²) in [5, 5.41) is 55.2. The molecule has 0 radical (unpaired) electrons. The first-order valence-electron chi connectivity index (χ1n) is 21.0. The molecule has 0 amide bonds. The van der Waals surface area contributed by atoms with Crippen LogP contribution < -0.4 is 27.0 Å². The standard InChI is InChI=1S/C37H67N9O4/c47-32-17-22(12-14-25(32)30-21-43-16-6-5-11-36(43)38-30)44(23-13-15-31(33(48)18-23)45-39-26-7-1-2-8-27(26)40-45)24-19-34(49)37(35(50)20-24)46-41-28-9-3-4-10-29(28)42-46/h22-42,47-50H,1-21H2. The first-order valence-corrected chi connectivity index (χ1v) is 21.0. The molecule has 284 valence electrons. The number of nitrogens with zero attached hydrogens (tertiary/aromatic N) is 4. The summed E-state index contributed by atoms with van der Waals surface area (Å²) >= 11 is 0. The molecule has 13 heteroatoms. The Morgan fingerprint density at radius 2 is 1.02 bits per heavy atom. The van der Waals surface area contributed by atoms with Gasteiger partial charge in [-0.1, -0.05) is 25.7 Å². The van der Waals surface area contributed by atoms with E-state index < -0.39 is 24.4 Å². The van der Waals surface area contributed by atoms with Gasteiger partial charge in [0.25, 0.3) is 0 Å². The van der Waals surface area contributed by atoms with Gasteiger partial charge in [-0.25, -0.2) is 21.7 Å². The fourth-order valence-electron chi connectivity index (χ4n) is 12.5. The van der Waals surface area contributed by atoms with Crippen LogP contribution in [-0.4, -0.2) is 145 Å². The van der Waals surface area contributed by atoms with E-state index >= 15 is 0 Å². The van der Waals surface area contributed by atoms with Gasteiger partial charge in [0.2, 0.25) is 0 Å². The van der Waals surface area contributed by atoms with Crippen LogP contribution >= 0.6 is 0 Å². The van der Waals surface area contributed by atoms with Crippen molar-refractivity contribution in [2.24, 2.45) is 5.92 Å². The molecule has 5 aliphatic carbocycles. The number of fused-ring (bicyclic) bond motifs is 3. The molecular formula is C37H67N9O4. The van der Waals surface area contributed by atoms with Crippen LogP contribution in [0.4, 0.5) is 0 Å². The van der Waals surface area contributed by atoms with Crippen LogP contribution in [0.3, 0.4) is 0 Å². The van der Waals surface area contributed by atoms with Gasteiger partial charge in [0.1, 0.15) is 0 Å². The Kier molecular flexibility index (Phi) is 10.5. The number of hydrogen-bond acceptors (Lipinski definition) is 13. The zero-order chi connectivity index (χ0) is 33.9. The summed E-state index contributed by atoms with van der Waals surface area (Å²) in [4.78, 5) is 5.19. The van der Waals surface area contributed by atoms with Crippen LogP contribution in [-0.2, 0) is 0 Å². The maximum Gasteiger partial charge on any atom is 0.0918 e. The number of aliphatic hydroxyl groups is 4. The molecule has 0 aromatic carbocycles. The maximum atomic E-state index is 11.8. The van der Waals surface area contributed by atoms with E-state index in [9.17, 15) is 20.4 Å². The molecule has 5 saturated carbocycles. The molecule has 0 spiro atoms. The van der Waals surface area contributed by atoms with Crippen LogP contribution in [0.25, 0.3) is 0 Å². The average Bonchev–Trinajstić information content (AvgIpc) is 3.85. The largest absolute Gasteiger partial charge is 0.393 e. The number of hydrogen-bond donors (Lipinski definition) is 9. The average molecular weight is 702 g/mol. The first kappa shape index (κ1) is 35.2. The number of aliphatic hydroxyl groups excluding tert-OH is 4. The fourth-order valence-corrected chi connectivity index (χ4v) is 12.5. The lowest BCUT2D eigenvalue weighted by molar-refractivity contribution is -0.128. The first-order chi connectivity index (χ1) is 24.4. The Hall–Kier alpha value is -0.520. The molecule has 0 bridgehead atoms. The highest BCUT2D eigenvalue weighted by Crippen LogP contribution is 2.41. The maximum absolute atomic E-state index is 11.8. The Bertz CT molecular complexity index is 1050. The van der Waals surface area contributed by atoms with E-state index in [1.54, 1.807) is 0 Å². The Balaban J connectivity index is 0.899. The summed E-state index contributed by atoms with van der Waals surface area (Å²) in [6.07, 6.45) is 18.0. The predicted molar refractivity (Wildman–Crippen MR) is 190 cm³/mol. The van der Waals surface area contributed by atoms with Crippen LogP contribution in [0.15, 0.2) is 0 Å². The van der Waals surface area contributed by atoms with E-state index in [4.69, 9.17) is 0 Å². The Labute approximate surface area is 299 Å². The molecule has 13 nitrogen and oxygen atoms in total. The van der Waals surface area contributed by atoms with Crippen LogP contribution in [0.5, 0.6) is 0 Å². The summed E-state index contributed by atoms with van der Waals surface area (Å²) in [5.74, 6) is 0.249. The fraction of sp³-hybridized carbons (Fsp3) is 1.00. The van der Waals surface area contributed by atoms with Crippen LogP contribution in [0.1, 0.15) is 122 Å². The summed E-state index contributed by atoms with van der Waals surface area (Å²) in [6, 6.07) is 1.91. The lowest BCUT2D eigenvalue weighted by atomic mass is 9.75. The normalized spacial score (nSPS) is 51.1. The Morgan fingerprint density at radius 1 is 0.480 bits per heavy atom. The number of rotatable bonds is 6. The highest BCUT2D eigenvalue weighted by atomic mass is 16.3. The van der Waals surface area contributed by atoms with Gasteiger partial charge in [-0.05, 0) is 103 Å². The molecule has 9 aliphatic rings. The number of nitrogens with one attached hydrogen (secondary N) is 5. The zero-order valence-electron chi connectivity index (χ0n) is 30.2. The molecule has 4 heterocycles. The smallest absolute Gasteiger partial charge is 0.0918 e.